The molecule has 0 unspecified atom stereocenters. The van der Waals surface area contributed by atoms with Gasteiger partial charge < -0.3 is 9.47 Å². The molecule has 0 N–H and O–H groups in total. The lowest BCUT2D eigenvalue weighted by atomic mass is 9.41. The molecular weight excluding hydrogens is 416 g/mol. The van der Waals surface area contributed by atoms with Crippen LogP contribution in [-0.4, -0.2) is 14.2 Å². The van der Waals surface area contributed by atoms with Crippen LogP contribution in [0.5, 0.6) is 11.5 Å². The highest BCUT2D eigenvalue weighted by atomic mass is 16.5. The smallest absolute Gasteiger partial charge is 0.119 e. The van der Waals surface area contributed by atoms with Crippen LogP contribution in [-0.2, 0) is 10.8 Å². The highest BCUT2D eigenvalue weighted by Gasteiger charge is 2.58. The first kappa shape index (κ1) is 20.4. The average molecular weight is 449 g/mol. The number of rotatable bonds is 4. The maximum Gasteiger partial charge on any atom is 0.119 e. The summed E-state index contributed by atoms with van der Waals surface area (Å²) in [5.74, 6) is 3.56. The Morgan fingerprint density at radius 3 is 1.41 bits per heavy atom. The number of hydrogen-bond acceptors (Lipinski definition) is 2. The van der Waals surface area contributed by atoms with Gasteiger partial charge in [-0.15, -0.1) is 0 Å². The van der Waals surface area contributed by atoms with E-state index in [1.54, 1.807) is 25.3 Å². The van der Waals surface area contributed by atoms with E-state index >= 15 is 0 Å². The molecule has 0 heterocycles. The molecule has 0 spiro atoms. The Labute approximate surface area is 201 Å². The van der Waals surface area contributed by atoms with Gasteiger partial charge in [-0.25, -0.2) is 0 Å². The van der Waals surface area contributed by atoms with Crippen molar-refractivity contribution in [2.45, 2.75) is 49.4 Å². The summed E-state index contributed by atoms with van der Waals surface area (Å²) in [6.45, 7) is 0. The van der Waals surface area contributed by atoms with Gasteiger partial charge in [-0.2, -0.15) is 0 Å². The summed E-state index contributed by atoms with van der Waals surface area (Å²) in [7, 11) is 3.49. The Bertz CT molecular complexity index is 1300. The van der Waals surface area contributed by atoms with Crippen LogP contribution in [0.15, 0.2) is 72.8 Å². The van der Waals surface area contributed by atoms with E-state index in [4.69, 9.17) is 9.47 Å². The molecule has 0 aliphatic heterocycles. The first-order valence-corrected chi connectivity index (χ1v) is 12.7. The summed E-state index contributed by atoms with van der Waals surface area (Å²) in [5, 5.41) is 5.21. The Morgan fingerprint density at radius 2 is 0.971 bits per heavy atom. The van der Waals surface area contributed by atoms with Gasteiger partial charge in [0.25, 0.3) is 0 Å². The predicted molar refractivity (Wildman–Crippen MR) is 139 cm³/mol. The lowest BCUT2D eigenvalue weighted by Crippen LogP contribution is -2.55. The molecule has 4 aromatic rings. The van der Waals surface area contributed by atoms with Crippen molar-refractivity contribution in [3.8, 4) is 11.5 Å². The van der Waals surface area contributed by atoms with Crippen molar-refractivity contribution in [3.63, 3.8) is 0 Å². The van der Waals surface area contributed by atoms with Crippen LogP contribution in [0, 0.1) is 11.8 Å². The standard InChI is InChI=1S/C32H32O2/c1-33-29-9-5-23-12-27(7-3-25(23)14-29)31-16-21-11-22(17-31)19-32(18-21,20-31)28-8-4-26-15-30(34-2)10-6-24(26)13-28/h3-10,12-15,21-22H,11,16-20H2,1-2H3. The molecule has 0 radical (unpaired) electrons. The van der Waals surface area contributed by atoms with Crippen LogP contribution in [0.3, 0.4) is 0 Å². The Balaban J connectivity index is 1.31. The Hall–Kier alpha value is -3.00. The third-order valence-corrected chi connectivity index (χ3v) is 9.38. The van der Waals surface area contributed by atoms with Gasteiger partial charge in [-0.05, 0) is 118 Å². The molecule has 2 heteroatoms. The molecule has 4 aromatic carbocycles. The summed E-state index contributed by atoms with van der Waals surface area (Å²) in [5.41, 5.74) is 3.75. The molecule has 172 valence electrons. The van der Waals surface area contributed by atoms with E-state index in [-0.39, 0.29) is 0 Å². The minimum atomic E-state index is 0.313. The molecule has 0 saturated heterocycles. The van der Waals surface area contributed by atoms with Crippen LogP contribution in [0.2, 0.25) is 0 Å². The monoisotopic (exact) mass is 448 g/mol. The van der Waals surface area contributed by atoms with Crippen molar-refractivity contribution >= 4 is 21.5 Å². The first-order valence-electron chi connectivity index (χ1n) is 12.7. The SMILES string of the molecule is COc1ccc2cc(C34CC5CC(C3)CC(c3ccc6cc(OC)ccc6c3)(C5)C4)ccc2c1. The second kappa shape index (κ2) is 7.25. The molecule has 0 amide bonds. The molecule has 4 aliphatic carbocycles. The van der Waals surface area contributed by atoms with Gasteiger partial charge in [0.15, 0.2) is 0 Å². The number of methoxy groups -OCH3 is 2. The van der Waals surface area contributed by atoms with Crippen LogP contribution in [0.25, 0.3) is 21.5 Å². The van der Waals surface area contributed by atoms with Crippen LogP contribution >= 0.6 is 0 Å². The largest absolute Gasteiger partial charge is 0.497 e. The van der Waals surface area contributed by atoms with E-state index in [1.807, 2.05) is 0 Å². The Morgan fingerprint density at radius 1 is 0.559 bits per heavy atom. The van der Waals surface area contributed by atoms with E-state index in [2.05, 4.69) is 72.8 Å². The Kier molecular flexibility index (Phi) is 4.34. The van der Waals surface area contributed by atoms with Gasteiger partial charge in [0.2, 0.25) is 0 Å². The fourth-order valence-electron chi connectivity index (χ4n) is 8.30. The second-order valence-electron chi connectivity index (χ2n) is 11.4. The van der Waals surface area contributed by atoms with Gasteiger partial charge in [-0.1, -0.05) is 48.5 Å². The summed E-state index contributed by atoms with van der Waals surface area (Å²) >= 11 is 0. The van der Waals surface area contributed by atoms with Crippen LogP contribution in [0.4, 0.5) is 0 Å². The fraction of sp³-hybridized carbons (Fsp3) is 0.375. The molecule has 8 rings (SSSR count). The van der Waals surface area contributed by atoms with Crippen molar-refractivity contribution in [3.05, 3.63) is 83.9 Å². The highest BCUT2D eigenvalue weighted by molar-refractivity contribution is 5.86. The molecule has 0 aromatic heterocycles. The normalized spacial score (nSPS) is 29.6. The second-order valence-corrected chi connectivity index (χ2v) is 11.4. The predicted octanol–water partition coefficient (Wildman–Crippen LogP) is 7.80. The topological polar surface area (TPSA) is 18.5 Å². The van der Waals surface area contributed by atoms with E-state index < -0.39 is 0 Å². The molecule has 2 nitrogen and oxygen atoms in total. The molecule has 4 fully saturated rings. The summed E-state index contributed by atoms with van der Waals surface area (Å²) in [4.78, 5) is 0. The zero-order valence-electron chi connectivity index (χ0n) is 20.1. The lowest BCUT2D eigenvalue weighted by Gasteiger charge is -2.63. The van der Waals surface area contributed by atoms with Crippen molar-refractivity contribution in [2.75, 3.05) is 14.2 Å². The number of benzene rings is 4. The molecule has 4 aliphatic rings. The van der Waals surface area contributed by atoms with Crippen molar-refractivity contribution in [1.82, 2.24) is 0 Å². The van der Waals surface area contributed by atoms with Crippen molar-refractivity contribution in [2.24, 2.45) is 11.8 Å². The minimum absolute atomic E-state index is 0.313. The van der Waals surface area contributed by atoms with Gasteiger partial charge in [0.05, 0.1) is 14.2 Å². The van der Waals surface area contributed by atoms with Gasteiger partial charge in [-0.3, -0.25) is 0 Å². The van der Waals surface area contributed by atoms with E-state index in [0.717, 1.165) is 23.3 Å². The maximum atomic E-state index is 5.45. The van der Waals surface area contributed by atoms with Gasteiger partial charge in [0.1, 0.15) is 11.5 Å². The molecule has 0 atom stereocenters. The zero-order valence-corrected chi connectivity index (χ0v) is 20.1. The lowest BCUT2D eigenvalue weighted by molar-refractivity contribution is -0.0280. The quantitative estimate of drug-likeness (QED) is 0.317. The fourth-order valence-corrected chi connectivity index (χ4v) is 8.30. The summed E-state index contributed by atoms with van der Waals surface area (Å²) in [6, 6.07) is 27.4. The third-order valence-electron chi connectivity index (χ3n) is 9.38. The van der Waals surface area contributed by atoms with Crippen LogP contribution < -0.4 is 9.47 Å². The number of hydrogen-bond donors (Lipinski definition) is 0. The molecule has 4 bridgehead atoms. The first-order chi connectivity index (χ1) is 16.6. The average Bonchev–Trinajstić information content (AvgIpc) is 2.86. The van der Waals surface area contributed by atoms with E-state index in [9.17, 15) is 0 Å². The van der Waals surface area contributed by atoms with Crippen molar-refractivity contribution in [1.29, 1.82) is 0 Å². The summed E-state index contributed by atoms with van der Waals surface area (Å²) in [6.07, 6.45) is 8.15. The van der Waals surface area contributed by atoms with Crippen LogP contribution in [0.1, 0.15) is 49.7 Å². The van der Waals surface area contributed by atoms with Gasteiger partial charge in [0, 0.05) is 0 Å². The molecule has 4 saturated carbocycles. The third kappa shape index (κ3) is 3.00. The van der Waals surface area contributed by atoms with Crippen molar-refractivity contribution < 1.29 is 9.47 Å². The maximum absolute atomic E-state index is 5.45. The van der Waals surface area contributed by atoms with E-state index in [0.29, 0.717) is 10.8 Å². The van der Waals surface area contributed by atoms with Gasteiger partial charge >= 0.3 is 0 Å². The molecular formula is C32H32O2. The minimum Gasteiger partial charge on any atom is -0.497 e. The van der Waals surface area contributed by atoms with E-state index in [1.165, 1.54) is 60.1 Å². The summed E-state index contributed by atoms with van der Waals surface area (Å²) < 4.78 is 10.9. The number of fused-ring (bicyclic) bond motifs is 2. The molecule has 34 heavy (non-hydrogen) atoms. The highest BCUT2D eigenvalue weighted by Crippen LogP contribution is 2.66. The zero-order chi connectivity index (χ0) is 22.9. The number of ether oxygens (including phenoxy) is 2.